The molecule has 0 unspecified atom stereocenters. The second kappa shape index (κ2) is 7.31. The molecule has 0 saturated heterocycles. The fraction of sp³-hybridized carbons (Fsp3) is 0.200. The van der Waals surface area contributed by atoms with Crippen LogP contribution in [0.25, 0.3) is 10.9 Å². The van der Waals surface area contributed by atoms with E-state index in [1.165, 1.54) is 14.2 Å². The third-order valence-corrected chi connectivity index (χ3v) is 4.13. The smallest absolute Gasteiger partial charge is 0.342 e. The second-order valence-corrected chi connectivity index (χ2v) is 5.70. The van der Waals surface area contributed by atoms with Gasteiger partial charge in [-0.2, -0.15) is 0 Å². The van der Waals surface area contributed by atoms with Gasteiger partial charge in [-0.3, -0.25) is 4.79 Å². The Balaban J connectivity index is 1.83. The molecule has 2 aromatic carbocycles. The van der Waals surface area contributed by atoms with Crippen LogP contribution in [0.4, 0.5) is 0 Å². The van der Waals surface area contributed by atoms with Crippen LogP contribution in [-0.2, 0) is 4.74 Å². The van der Waals surface area contributed by atoms with Gasteiger partial charge in [0.05, 0.1) is 14.2 Å². The number of aromatic nitrogens is 1. The zero-order valence-corrected chi connectivity index (χ0v) is 14.7. The Morgan fingerprint density at radius 3 is 2.46 bits per heavy atom. The summed E-state index contributed by atoms with van der Waals surface area (Å²) < 4.78 is 15.8. The van der Waals surface area contributed by atoms with Crippen LogP contribution in [0.1, 0.15) is 27.6 Å². The Hall–Kier alpha value is -3.28. The molecule has 1 atom stereocenters. The minimum atomic E-state index is -0.947. The number of carbonyl (C=O) groups excluding carboxylic acids is 2. The summed E-state index contributed by atoms with van der Waals surface area (Å²) in [4.78, 5) is 28.3. The molecule has 0 aliphatic rings. The van der Waals surface area contributed by atoms with Crippen LogP contribution < -0.4 is 9.47 Å². The molecule has 0 amide bonds. The number of rotatable bonds is 6. The number of para-hydroxylation sites is 2. The summed E-state index contributed by atoms with van der Waals surface area (Å²) in [5.74, 6) is -0.247. The first-order valence-electron chi connectivity index (χ1n) is 8.09. The number of esters is 1. The molecule has 0 spiro atoms. The van der Waals surface area contributed by atoms with E-state index in [1.807, 2.05) is 24.3 Å². The van der Waals surface area contributed by atoms with Crippen molar-refractivity contribution in [3.8, 4) is 11.5 Å². The standard InChI is InChI=1S/C20H19NO5/c1-12(18(22)15-11-21-16-9-5-4-7-13(15)16)26-20(23)14-8-6-10-17(24-2)19(14)25-3/h4-12,21H,1-3H3/t12-/m0/s1. The lowest BCUT2D eigenvalue weighted by Gasteiger charge is -2.15. The average molecular weight is 353 g/mol. The van der Waals surface area contributed by atoms with E-state index in [4.69, 9.17) is 14.2 Å². The van der Waals surface area contributed by atoms with Gasteiger partial charge in [-0.25, -0.2) is 4.79 Å². The van der Waals surface area contributed by atoms with Crippen LogP contribution in [0.3, 0.4) is 0 Å². The molecule has 0 saturated carbocycles. The zero-order chi connectivity index (χ0) is 18.7. The van der Waals surface area contributed by atoms with Gasteiger partial charge in [0, 0.05) is 22.7 Å². The van der Waals surface area contributed by atoms with Crippen LogP contribution in [0.15, 0.2) is 48.7 Å². The number of benzene rings is 2. The van der Waals surface area contributed by atoms with Crippen LogP contribution in [0.2, 0.25) is 0 Å². The summed E-state index contributed by atoms with van der Waals surface area (Å²) in [5, 5.41) is 0.791. The number of aromatic amines is 1. The lowest BCUT2D eigenvalue weighted by molar-refractivity contribution is 0.0316. The van der Waals surface area contributed by atoms with E-state index in [2.05, 4.69) is 4.98 Å². The lowest BCUT2D eigenvalue weighted by atomic mass is 10.1. The van der Waals surface area contributed by atoms with E-state index in [-0.39, 0.29) is 17.1 Å². The van der Waals surface area contributed by atoms with Crippen molar-refractivity contribution in [2.24, 2.45) is 0 Å². The first-order valence-corrected chi connectivity index (χ1v) is 8.09. The molecule has 0 aliphatic heterocycles. The molecular weight excluding hydrogens is 334 g/mol. The zero-order valence-electron chi connectivity index (χ0n) is 14.7. The van der Waals surface area contributed by atoms with Crippen LogP contribution >= 0.6 is 0 Å². The molecule has 1 aromatic heterocycles. The maximum Gasteiger partial charge on any atom is 0.342 e. The number of H-pyrrole nitrogens is 1. The van der Waals surface area contributed by atoms with E-state index in [0.29, 0.717) is 11.3 Å². The number of fused-ring (bicyclic) bond motifs is 1. The van der Waals surface area contributed by atoms with E-state index in [0.717, 1.165) is 10.9 Å². The van der Waals surface area contributed by atoms with Crippen molar-refractivity contribution >= 4 is 22.7 Å². The molecule has 6 nitrogen and oxygen atoms in total. The van der Waals surface area contributed by atoms with Gasteiger partial charge in [-0.1, -0.05) is 24.3 Å². The molecule has 0 fully saturated rings. The van der Waals surface area contributed by atoms with Crippen molar-refractivity contribution in [1.82, 2.24) is 4.98 Å². The summed E-state index contributed by atoms with van der Waals surface area (Å²) in [6.45, 7) is 1.55. The number of ether oxygens (including phenoxy) is 3. The second-order valence-electron chi connectivity index (χ2n) is 5.70. The number of methoxy groups -OCH3 is 2. The van der Waals surface area contributed by atoms with Gasteiger partial charge in [0.15, 0.2) is 17.6 Å². The van der Waals surface area contributed by atoms with Gasteiger partial charge in [0.25, 0.3) is 0 Å². The molecule has 134 valence electrons. The molecule has 1 N–H and O–H groups in total. The number of Topliss-reactive ketones (excluding diaryl/α,β-unsaturated/α-hetero) is 1. The molecule has 0 radical (unpaired) electrons. The molecule has 1 heterocycles. The quantitative estimate of drug-likeness (QED) is 0.541. The van der Waals surface area contributed by atoms with E-state index < -0.39 is 12.1 Å². The van der Waals surface area contributed by atoms with Gasteiger partial charge in [0.2, 0.25) is 5.78 Å². The van der Waals surface area contributed by atoms with Crippen LogP contribution in [0, 0.1) is 0 Å². The van der Waals surface area contributed by atoms with Crippen LogP contribution in [0.5, 0.6) is 11.5 Å². The minimum Gasteiger partial charge on any atom is -0.493 e. The van der Waals surface area contributed by atoms with Crippen LogP contribution in [-0.4, -0.2) is 37.1 Å². The first kappa shape index (κ1) is 17.5. The monoisotopic (exact) mass is 353 g/mol. The molecule has 26 heavy (non-hydrogen) atoms. The largest absolute Gasteiger partial charge is 0.493 e. The Labute approximate surface area is 150 Å². The predicted octanol–water partition coefficient (Wildman–Crippen LogP) is 3.61. The average Bonchev–Trinajstić information content (AvgIpc) is 3.10. The Morgan fingerprint density at radius 2 is 1.73 bits per heavy atom. The summed E-state index contributed by atoms with van der Waals surface area (Å²) in [6.07, 6.45) is 0.682. The fourth-order valence-corrected chi connectivity index (χ4v) is 2.82. The number of nitrogens with one attached hydrogen (secondary N) is 1. The minimum absolute atomic E-state index is 0.199. The third-order valence-electron chi connectivity index (χ3n) is 4.13. The van der Waals surface area contributed by atoms with Crippen molar-refractivity contribution in [2.75, 3.05) is 14.2 Å². The highest BCUT2D eigenvalue weighted by Crippen LogP contribution is 2.31. The van der Waals surface area contributed by atoms with Gasteiger partial charge >= 0.3 is 5.97 Å². The maximum absolute atomic E-state index is 12.7. The van der Waals surface area contributed by atoms with Gasteiger partial charge < -0.3 is 19.2 Å². The van der Waals surface area contributed by atoms with Crippen molar-refractivity contribution < 1.29 is 23.8 Å². The summed E-state index contributed by atoms with van der Waals surface area (Å²) in [5.41, 5.74) is 1.53. The lowest BCUT2D eigenvalue weighted by Crippen LogP contribution is -2.24. The number of hydrogen-bond acceptors (Lipinski definition) is 5. The number of carbonyl (C=O) groups is 2. The van der Waals surface area contributed by atoms with E-state index in [9.17, 15) is 9.59 Å². The SMILES string of the molecule is COc1cccc(C(=O)O[C@@H](C)C(=O)c2c[nH]c3ccccc23)c1OC. The van der Waals surface area contributed by atoms with Crippen molar-refractivity contribution in [2.45, 2.75) is 13.0 Å². The summed E-state index contributed by atoms with van der Waals surface area (Å²) in [6, 6.07) is 12.4. The van der Waals surface area contributed by atoms with Gasteiger partial charge in [-0.05, 0) is 25.1 Å². The Bertz CT molecular complexity index is 960. The highest BCUT2D eigenvalue weighted by atomic mass is 16.6. The van der Waals surface area contributed by atoms with Crippen molar-refractivity contribution in [3.63, 3.8) is 0 Å². The molecule has 3 rings (SSSR count). The number of ketones is 1. The molecular formula is C20H19NO5. The molecule has 0 aliphatic carbocycles. The summed E-state index contributed by atoms with van der Waals surface area (Å²) in [7, 11) is 2.92. The normalized spacial score (nSPS) is 11.8. The maximum atomic E-state index is 12.7. The van der Waals surface area contributed by atoms with Crippen molar-refractivity contribution in [1.29, 1.82) is 0 Å². The van der Waals surface area contributed by atoms with E-state index in [1.54, 1.807) is 31.3 Å². The van der Waals surface area contributed by atoms with Gasteiger partial charge in [-0.15, -0.1) is 0 Å². The molecule has 0 bridgehead atoms. The van der Waals surface area contributed by atoms with E-state index >= 15 is 0 Å². The molecule has 3 aromatic rings. The fourth-order valence-electron chi connectivity index (χ4n) is 2.82. The highest BCUT2D eigenvalue weighted by Gasteiger charge is 2.25. The predicted molar refractivity (Wildman–Crippen MR) is 97.1 cm³/mol. The third kappa shape index (κ3) is 3.13. The van der Waals surface area contributed by atoms with Crippen molar-refractivity contribution in [3.05, 3.63) is 59.8 Å². The topological polar surface area (TPSA) is 77.6 Å². The number of hydrogen-bond donors (Lipinski definition) is 1. The summed E-state index contributed by atoms with van der Waals surface area (Å²) >= 11 is 0. The molecule has 6 heteroatoms. The van der Waals surface area contributed by atoms with Gasteiger partial charge in [0.1, 0.15) is 5.56 Å². The highest BCUT2D eigenvalue weighted by molar-refractivity contribution is 6.10. The Morgan fingerprint density at radius 1 is 0.962 bits per heavy atom. The first-order chi connectivity index (χ1) is 12.6. The Kier molecular flexibility index (Phi) is 4.93.